The van der Waals surface area contributed by atoms with Crippen molar-refractivity contribution in [3.05, 3.63) is 29.8 Å². The molecule has 0 aromatic heterocycles. The number of halogens is 5. The number of likely N-dealkylation sites (N-methyl/N-ethyl adjacent to an activating group) is 1. The molecule has 0 radical (unpaired) electrons. The topological polar surface area (TPSA) is 66.0 Å². The molecule has 1 aromatic carbocycles. The number of aliphatic imine (C=N–C) groups is 1. The maximum Gasteiger partial charge on any atom is 0.406 e. The maximum atomic E-state index is 12.4. The van der Waals surface area contributed by atoms with Crippen molar-refractivity contribution in [2.75, 3.05) is 26.7 Å². The second-order valence-corrected chi connectivity index (χ2v) is 5.40. The highest BCUT2D eigenvalue weighted by atomic mass is 19.4. The summed E-state index contributed by atoms with van der Waals surface area (Å²) in [6.07, 6.45) is -4.49. The SMILES string of the molecule is CCNC(=NCc1ccccc1OC(F)F)NCC(=O)N(C)CC(F)(F)F. The zero-order chi connectivity index (χ0) is 20.4. The van der Waals surface area contributed by atoms with Crippen molar-refractivity contribution in [3.8, 4) is 5.75 Å². The number of nitrogens with zero attached hydrogens (tertiary/aromatic N) is 2. The summed E-state index contributed by atoms with van der Waals surface area (Å²) in [7, 11) is 1.04. The number of hydrogen-bond acceptors (Lipinski definition) is 3. The van der Waals surface area contributed by atoms with Gasteiger partial charge in [-0.2, -0.15) is 22.0 Å². The number of carbonyl (C=O) groups is 1. The van der Waals surface area contributed by atoms with E-state index < -0.39 is 31.8 Å². The lowest BCUT2D eigenvalue weighted by Gasteiger charge is -2.20. The molecule has 0 atom stereocenters. The number of hydrogen-bond donors (Lipinski definition) is 2. The first-order valence-corrected chi connectivity index (χ1v) is 7.98. The van der Waals surface area contributed by atoms with Crippen LogP contribution in [-0.4, -0.2) is 56.2 Å². The van der Waals surface area contributed by atoms with Gasteiger partial charge in [-0.3, -0.25) is 4.79 Å². The number of ether oxygens (including phenoxy) is 1. The van der Waals surface area contributed by atoms with Gasteiger partial charge in [0.1, 0.15) is 12.3 Å². The van der Waals surface area contributed by atoms with Gasteiger partial charge in [-0.15, -0.1) is 0 Å². The summed E-state index contributed by atoms with van der Waals surface area (Å²) in [4.78, 5) is 16.4. The van der Waals surface area contributed by atoms with E-state index in [-0.39, 0.29) is 18.3 Å². The molecule has 152 valence electrons. The van der Waals surface area contributed by atoms with Gasteiger partial charge < -0.3 is 20.3 Å². The molecule has 0 spiro atoms. The van der Waals surface area contributed by atoms with Crippen LogP contribution < -0.4 is 15.4 Å². The molecule has 11 heteroatoms. The van der Waals surface area contributed by atoms with E-state index in [1.54, 1.807) is 19.1 Å². The molecule has 0 unspecified atom stereocenters. The van der Waals surface area contributed by atoms with E-state index in [4.69, 9.17) is 0 Å². The molecule has 1 amide bonds. The fourth-order valence-corrected chi connectivity index (χ4v) is 2.00. The first-order valence-electron chi connectivity index (χ1n) is 7.98. The number of amides is 1. The van der Waals surface area contributed by atoms with Gasteiger partial charge in [0.25, 0.3) is 0 Å². The number of benzene rings is 1. The standard InChI is InChI=1S/C16H21F5N4O2/c1-3-22-15(24-9-13(26)25(2)10-16(19,20)21)23-8-11-6-4-5-7-12(11)27-14(17)18/h4-7,14H,3,8-10H2,1-2H3,(H2,22,23,24). The third-order valence-corrected chi connectivity index (χ3v) is 3.19. The molecular weight excluding hydrogens is 375 g/mol. The smallest absolute Gasteiger partial charge is 0.406 e. The Morgan fingerprint density at radius 1 is 1.26 bits per heavy atom. The Hall–Kier alpha value is -2.59. The van der Waals surface area contributed by atoms with Crippen molar-refractivity contribution < 1.29 is 31.5 Å². The summed E-state index contributed by atoms with van der Waals surface area (Å²) in [5, 5.41) is 5.42. The van der Waals surface area contributed by atoms with Crippen molar-refractivity contribution >= 4 is 11.9 Å². The van der Waals surface area contributed by atoms with Crippen molar-refractivity contribution in [2.45, 2.75) is 26.3 Å². The van der Waals surface area contributed by atoms with Gasteiger partial charge in [0.05, 0.1) is 13.1 Å². The zero-order valence-electron chi connectivity index (χ0n) is 14.8. The first kappa shape index (κ1) is 22.5. The summed E-state index contributed by atoms with van der Waals surface area (Å²) < 4.78 is 66.2. The second-order valence-electron chi connectivity index (χ2n) is 5.40. The highest BCUT2D eigenvalue weighted by Gasteiger charge is 2.31. The van der Waals surface area contributed by atoms with E-state index in [9.17, 15) is 26.7 Å². The third kappa shape index (κ3) is 9.06. The fraction of sp³-hybridized carbons (Fsp3) is 0.500. The van der Waals surface area contributed by atoms with Crippen LogP contribution in [0.5, 0.6) is 5.75 Å². The second kappa shape index (κ2) is 10.5. The number of guanidine groups is 1. The summed E-state index contributed by atoms with van der Waals surface area (Å²) >= 11 is 0. The van der Waals surface area contributed by atoms with Crippen molar-refractivity contribution in [2.24, 2.45) is 4.99 Å². The molecular formula is C16H21F5N4O2. The van der Waals surface area contributed by atoms with E-state index in [0.717, 1.165) is 7.05 Å². The molecule has 0 saturated heterocycles. The molecule has 0 heterocycles. The third-order valence-electron chi connectivity index (χ3n) is 3.19. The van der Waals surface area contributed by atoms with Gasteiger partial charge in [0.2, 0.25) is 5.91 Å². The zero-order valence-corrected chi connectivity index (χ0v) is 14.8. The Kier molecular flexibility index (Phi) is 8.76. The Labute approximate surface area is 153 Å². The van der Waals surface area contributed by atoms with Crippen LogP contribution in [0, 0.1) is 0 Å². The Morgan fingerprint density at radius 3 is 2.52 bits per heavy atom. The molecule has 0 aliphatic rings. The molecule has 0 fully saturated rings. The Balaban J connectivity index is 2.72. The predicted molar refractivity (Wildman–Crippen MR) is 89.6 cm³/mol. The van der Waals surface area contributed by atoms with E-state index in [1.807, 2.05) is 0 Å². The van der Waals surface area contributed by atoms with E-state index >= 15 is 0 Å². The van der Waals surface area contributed by atoms with Gasteiger partial charge in [0.15, 0.2) is 5.96 Å². The van der Waals surface area contributed by atoms with Crippen LogP contribution in [0.3, 0.4) is 0 Å². The molecule has 27 heavy (non-hydrogen) atoms. The highest BCUT2D eigenvalue weighted by Crippen LogP contribution is 2.21. The van der Waals surface area contributed by atoms with Gasteiger partial charge in [0, 0.05) is 19.2 Å². The Bertz CT molecular complexity index is 637. The molecule has 0 bridgehead atoms. The van der Waals surface area contributed by atoms with Gasteiger partial charge in [-0.05, 0) is 13.0 Å². The average molecular weight is 396 g/mol. The maximum absolute atomic E-state index is 12.4. The first-order chi connectivity index (χ1) is 12.6. The van der Waals surface area contributed by atoms with E-state index in [0.29, 0.717) is 17.0 Å². The number of alkyl halides is 5. The lowest BCUT2D eigenvalue weighted by atomic mass is 10.2. The van der Waals surface area contributed by atoms with Crippen molar-refractivity contribution in [1.82, 2.24) is 15.5 Å². The lowest BCUT2D eigenvalue weighted by molar-refractivity contribution is -0.157. The number of nitrogens with one attached hydrogen (secondary N) is 2. The van der Waals surface area contributed by atoms with Crippen molar-refractivity contribution in [3.63, 3.8) is 0 Å². The van der Waals surface area contributed by atoms with Crippen LogP contribution >= 0.6 is 0 Å². The van der Waals surface area contributed by atoms with Gasteiger partial charge in [-0.1, -0.05) is 18.2 Å². The predicted octanol–water partition coefficient (Wildman–Crippen LogP) is 2.36. The van der Waals surface area contributed by atoms with Crippen LogP contribution in [0.25, 0.3) is 0 Å². The lowest BCUT2D eigenvalue weighted by Crippen LogP contribution is -2.45. The molecule has 6 nitrogen and oxygen atoms in total. The molecule has 0 aliphatic carbocycles. The van der Waals surface area contributed by atoms with Gasteiger partial charge in [-0.25, -0.2) is 4.99 Å². The Morgan fingerprint density at radius 2 is 1.93 bits per heavy atom. The van der Waals surface area contributed by atoms with Crippen LogP contribution in [0.1, 0.15) is 12.5 Å². The minimum absolute atomic E-state index is 0.0342. The molecule has 2 N–H and O–H groups in total. The largest absolute Gasteiger partial charge is 0.434 e. The van der Waals surface area contributed by atoms with E-state index in [1.165, 1.54) is 12.1 Å². The minimum Gasteiger partial charge on any atom is -0.434 e. The quantitative estimate of drug-likeness (QED) is 0.402. The summed E-state index contributed by atoms with van der Waals surface area (Å²) in [6.45, 7) is -2.61. The highest BCUT2D eigenvalue weighted by molar-refractivity contribution is 5.86. The van der Waals surface area contributed by atoms with Gasteiger partial charge >= 0.3 is 12.8 Å². The number of rotatable bonds is 8. The minimum atomic E-state index is -4.49. The van der Waals surface area contributed by atoms with Crippen LogP contribution in [0.15, 0.2) is 29.3 Å². The van der Waals surface area contributed by atoms with Crippen LogP contribution in [-0.2, 0) is 11.3 Å². The normalized spacial score (nSPS) is 12.1. The van der Waals surface area contributed by atoms with Crippen molar-refractivity contribution in [1.29, 1.82) is 0 Å². The fourth-order valence-electron chi connectivity index (χ4n) is 2.00. The summed E-state index contributed by atoms with van der Waals surface area (Å²) in [5.74, 6) is -0.662. The molecule has 0 saturated carbocycles. The number of para-hydroxylation sites is 1. The summed E-state index contributed by atoms with van der Waals surface area (Å²) in [6, 6.07) is 6.07. The average Bonchev–Trinajstić information content (AvgIpc) is 2.56. The summed E-state index contributed by atoms with van der Waals surface area (Å²) in [5.41, 5.74) is 0.385. The monoisotopic (exact) mass is 396 g/mol. The molecule has 1 aromatic rings. The molecule has 0 aliphatic heterocycles. The van der Waals surface area contributed by atoms with E-state index in [2.05, 4.69) is 20.4 Å². The van der Waals surface area contributed by atoms with Crippen LogP contribution in [0.4, 0.5) is 22.0 Å². The number of carbonyl (C=O) groups excluding carboxylic acids is 1. The molecule has 1 rings (SSSR count). The van der Waals surface area contributed by atoms with Crippen LogP contribution in [0.2, 0.25) is 0 Å².